The molecule has 0 atom stereocenters. The molecule has 0 aliphatic rings. The van der Waals surface area contributed by atoms with Crippen LogP contribution in [0.3, 0.4) is 0 Å². The SMILES string of the molecule is Cc1cccc(OCCc2ccsc2)c1N. The lowest BCUT2D eigenvalue weighted by atomic mass is 10.2. The van der Waals surface area contributed by atoms with E-state index in [0.717, 1.165) is 23.4 Å². The minimum absolute atomic E-state index is 0.671. The van der Waals surface area contributed by atoms with E-state index in [0.29, 0.717) is 6.61 Å². The van der Waals surface area contributed by atoms with E-state index in [4.69, 9.17) is 10.5 Å². The van der Waals surface area contributed by atoms with Crippen molar-refractivity contribution in [2.45, 2.75) is 13.3 Å². The lowest BCUT2D eigenvalue weighted by Crippen LogP contribution is -2.03. The van der Waals surface area contributed by atoms with Crippen LogP contribution in [-0.2, 0) is 6.42 Å². The van der Waals surface area contributed by atoms with Gasteiger partial charge in [0.1, 0.15) is 5.75 Å². The van der Waals surface area contributed by atoms with Crippen molar-refractivity contribution in [3.8, 4) is 5.75 Å². The van der Waals surface area contributed by atoms with E-state index < -0.39 is 0 Å². The summed E-state index contributed by atoms with van der Waals surface area (Å²) in [7, 11) is 0. The molecule has 1 heterocycles. The van der Waals surface area contributed by atoms with E-state index in [1.54, 1.807) is 11.3 Å². The number of anilines is 1. The Hall–Kier alpha value is -1.48. The Morgan fingerprint density at radius 3 is 2.94 bits per heavy atom. The van der Waals surface area contributed by atoms with Gasteiger partial charge in [-0.05, 0) is 40.9 Å². The number of para-hydroxylation sites is 1. The maximum atomic E-state index is 5.92. The van der Waals surface area contributed by atoms with Gasteiger partial charge in [0.05, 0.1) is 12.3 Å². The predicted octanol–water partition coefficient (Wildman–Crippen LogP) is 3.26. The van der Waals surface area contributed by atoms with E-state index in [2.05, 4.69) is 16.8 Å². The topological polar surface area (TPSA) is 35.2 Å². The Bertz CT molecular complexity index is 451. The van der Waals surface area contributed by atoms with Gasteiger partial charge in [-0.25, -0.2) is 0 Å². The van der Waals surface area contributed by atoms with Crippen LogP contribution >= 0.6 is 11.3 Å². The number of thiophene rings is 1. The van der Waals surface area contributed by atoms with Gasteiger partial charge in [-0.1, -0.05) is 12.1 Å². The van der Waals surface area contributed by atoms with Crippen LogP contribution in [-0.4, -0.2) is 6.61 Å². The Labute approximate surface area is 99.7 Å². The molecule has 84 valence electrons. The van der Waals surface area contributed by atoms with Crippen LogP contribution in [0.4, 0.5) is 5.69 Å². The summed E-state index contributed by atoms with van der Waals surface area (Å²) >= 11 is 1.71. The molecule has 0 amide bonds. The minimum Gasteiger partial charge on any atom is -0.491 e. The molecule has 0 spiro atoms. The van der Waals surface area contributed by atoms with Crippen LogP contribution < -0.4 is 10.5 Å². The van der Waals surface area contributed by atoms with E-state index in [9.17, 15) is 0 Å². The molecule has 2 nitrogen and oxygen atoms in total. The molecule has 0 bridgehead atoms. The van der Waals surface area contributed by atoms with Crippen molar-refractivity contribution >= 4 is 17.0 Å². The molecular weight excluding hydrogens is 218 g/mol. The first-order chi connectivity index (χ1) is 7.77. The van der Waals surface area contributed by atoms with Gasteiger partial charge in [-0.2, -0.15) is 11.3 Å². The number of benzene rings is 1. The highest BCUT2D eigenvalue weighted by atomic mass is 32.1. The van der Waals surface area contributed by atoms with E-state index in [1.165, 1.54) is 5.56 Å². The molecule has 2 aromatic rings. The fourth-order valence-electron chi connectivity index (χ4n) is 1.49. The van der Waals surface area contributed by atoms with Crippen LogP contribution in [0.1, 0.15) is 11.1 Å². The molecule has 3 heteroatoms. The monoisotopic (exact) mass is 233 g/mol. The van der Waals surface area contributed by atoms with Gasteiger partial charge in [-0.3, -0.25) is 0 Å². The number of ether oxygens (including phenoxy) is 1. The van der Waals surface area contributed by atoms with Gasteiger partial charge in [-0.15, -0.1) is 0 Å². The van der Waals surface area contributed by atoms with Crippen LogP contribution in [0.5, 0.6) is 5.75 Å². The maximum absolute atomic E-state index is 5.92. The number of aryl methyl sites for hydroxylation is 1. The molecule has 0 radical (unpaired) electrons. The molecule has 1 aromatic heterocycles. The Kier molecular flexibility index (Phi) is 3.47. The number of rotatable bonds is 4. The van der Waals surface area contributed by atoms with Gasteiger partial charge in [0, 0.05) is 6.42 Å². The maximum Gasteiger partial charge on any atom is 0.142 e. The number of nitrogen functional groups attached to an aromatic ring is 1. The third-order valence-electron chi connectivity index (χ3n) is 2.51. The molecule has 0 aliphatic carbocycles. The standard InChI is InChI=1S/C13H15NOS/c1-10-3-2-4-12(13(10)14)15-7-5-11-6-8-16-9-11/h2-4,6,8-9H,5,7,14H2,1H3. The summed E-state index contributed by atoms with van der Waals surface area (Å²) in [6, 6.07) is 7.98. The zero-order valence-corrected chi connectivity index (χ0v) is 10.1. The fourth-order valence-corrected chi connectivity index (χ4v) is 2.20. The molecule has 0 aliphatic heterocycles. The van der Waals surface area contributed by atoms with Gasteiger partial charge < -0.3 is 10.5 Å². The quantitative estimate of drug-likeness (QED) is 0.823. The summed E-state index contributed by atoms with van der Waals surface area (Å²) in [5, 5.41) is 4.22. The lowest BCUT2D eigenvalue weighted by Gasteiger charge is -2.09. The fraction of sp³-hybridized carbons (Fsp3) is 0.231. The van der Waals surface area contributed by atoms with Crippen molar-refractivity contribution in [3.05, 3.63) is 46.2 Å². The van der Waals surface area contributed by atoms with E-state index in [-0.39, 0.29) is 0 Å². The molecule has 2 N–H and O–H groups in total. The van der Waals surface area contributed by atoms with Crippen LogP contribution in [0.15, 0.2) is 35.0 Å². The Morgan fingerprint density at radius 2 is 2.19 bits per heavy atom. The average molecular weight is 233 g/mol. The molecule has 0 saturated carbocycles. The highest BCUT2D eigenvalue weighted by Crippen LogP contribution is 2.24. The van der Waals surface area contributed by atoms with Crippen LogP contribution in [0.25, 0.3) is 0 Å². The number of hydrogen-bond acceptors (Lipinski definition) is 3. The first-order valence-electron chi connectivity index (χ1n) is 5.26. The number of hydrogen-bond donors (Lipinski definition) is 1. The highest BCUT2D eigenvalue weighted by molar-refractivity contribution is 7.07. The van der Waals surface area contributed by atoms with Gasteiger partial charge in [0.2, 0.25) is 0 Å². The van der Waals surface area contributed by atoms with E-state index >= 15 is 0 Å². The molecule has 0 unspecified atom stereocenters. The molecule has 1 aromatic carbocycles. The van der Waals surface area contributed by atoms with Gasteiger partial charge in [0.25, 0.3) is 0 Å². The second-order valence-electron chi connectivity index (χ2n) is 3.72. The second kappa shape index (κ2) is 5.03. The van der Waals surface area contributed by atoms with Gasteiger partial charge in [0.15, 0.2) is 0 Å². The summed E-state index contributed by atoms with van der Waals surface area (Å²) in [6.07, 6.45) is 0.927. The smallest absolute Gasteiger partial charge is 0.142 e. The Balaban J connectivity index is 1.92. The first kappa shape index (κ1) is 11.0. The molecule has 0 fully saturated rings. The minimum atomic E-state index is 0.671. The van der Waals surface area contributed by atoms with Crippen molar-refractivity contribution in [1.29, 1.82) is 0 Å². The molecule has 16 heavy (non-hydrogen) atoms. The third-order valence-corrected chi connectivity index (χ3v) is 3.24. The molecular formula is C13H15NOS. The van der Waals surface area contributed by atoms with Gasteiger partial charge >= 0.3 is 0 Å². The van der Waals surface area contributed by atoms with E-state index in [1.807, 2.05) is 25.1 Å². The summed E-state index contributed by atoms with van der Waals surface area (Å²) in [6.45, 7) is 2.66. The average Bonchev–Trinajstić information content (AvgIpc) is 2.77. The summed E-state index contributed by atoms with van der Waals surface area (Å²) in [4.78, 5) is 0. The lowest BCUT2D eigenvalue weighted by molar-refractivity contribution is 0.323. The zero-order valence-electron chi connectivity index (χ0n) is 9.27. The summed E-state index contributed by atoms with van der Waals surface area (Å²) in [5.41, 5.74) is 9.04. The van der Waals surface area contributed by atoms with Crippen molar-refractivity contribution in [2.24, 2.45) is 0 Å². The van der Waals surface area contributed by atoms with Crippen LogP contribution in [0, 0.1) is 6.92 Å². The first-order valence-corrected chi connectivity index (χ1v) is 6.20. The largest absolute Gasteiger partial charge is 0.491 e. The van der Waals surface area contributed by atoms with Crippen molar-refractivity contribution in [1.82, 2.24) is 0 Å². The predicted molar refractivity (Wildman–Crippen MR) is 69.1 cm³/mol. The Morgan fingerprint density at radius 1 is 1.31 bits per heavy atom. The molecule has 0 saturated heterocycles. The second-order valence-corrected chi connectivity index (χ2v) is 4.50. The van der Waals surface area contributed by atoms with Crippen LogP contribution in [0.2, 0.25) is 0 Å². The summed E-state index contributed by atoms with van der Waals surface area (Å²) in [5.74, 6) is 0.787. The molecule has 2 rings (SSSR count). The number of nitrogens with two attached hydrogens (primary N) is 1. The zero-order chi connectivity index (χ0) is 11.4. The van der Waals surface area contributed by atoms with Crippen molar-refractivity contribution in [2.75, 3.05) is 12.3 Å². The summed E-state index contributed by atoms with van der Waals surface area (Å²) < 4.78 is 5.67. The van der Waals surface area contributed by atoms with Crippen molar-refractivity contribution in [3.63, 3.8) is 0 Å². The van der Waals surface area contributed by atoms with Crippen molar-refractivity contribution < 1.29 is 4.74 Å². The third kappa shape index (κ3) is 2.55. The normalized spacial score (nSPS) is 10.3. The highest BCUT2D eigenvalue weighted by Gasteiger charge is 2.02.